The number of thiophene rings is 1. The van der Waals surface area contributed by atoms with Gasteiger partial charge in [0.2, 0.25) is 0 Å². The van der Waals surface area contributed by atoms with Gasteiger partial charge >= 0.3 is 6.18 Å². The Morgan fingerprint density at radius 2 is 1.72 bits per heavy atom. The smallest absolute Gasteiger partial charge is 0.381 e. The summed E-state index contributed by atoms with van der Waals surface area (Å²) in [7, 11) is -3.62. The second-order valence-corrected chi connectivity index (χ2v) is 13.1. The Labute approximate surface area is 213 Å². The van der Waals surface area contributed by atoms with Gasteiger partial charge in [0.05, 0.1) is 19.3 Å². The standard InChI is InChI=1S/C24H30F3N3O4S2/c1-23(31,24(25,26)27)19-4-6-20(7-5-19)30-9-8-29(36(32,33)22-3-2-10-35-22)14-21(30)13-28-11-17-15-34-16-18(17)12-28/h2-7,10,17-18,21,31H,8-9,11-16H2,1H3/t17-,18+,21-,23?/m0/s1. The summed E-state index contributed by atoms with van der Waals surface area (Å²) in [5, 5.41) is 11.8. The van der Waals surface area contributed by atoms with Crippen molar-refractivity contribution in [1.82, 2.24) is 9.21 Å². The number of hydrogen-bond donors (Lipinski definition) is 1. The normalized spacial score (nSPS) is 27.8. The van der Waals surface area contributed by atoms with Crippen LogP contribution in [0.4, 0.5) is 18.9 Å². The summed E-state index contributed by atoms with van der Waals surface area (Å²) in [6, 6.07) is 8.90. The maximum Gasteiger partial charge on any atom is 0.421 e. The first kappa shape index (κ1) is 25.9. The number of hydrogen-bond acceptors (Lipinski definition) is 7. The molecule has 1 aromatic carbocycles. The third kappa shape index (κ3) is 4.79. The van der Waals surface area contributed by atoms with Gasteiger partial charge < -0.3 is 19.6 Å². The molecule has 198 valence electrons. The molecule has 7 nitrogen and oxygen atoms in total. The van der Waals surface area contributed by atoms with E-state index < -0.39 is 21.8 Å². The van der Waals surface area contributed by atoms with E-state index in [-0.39, 0.29) is 24.7 Å². The van der Waals surface area contributed by atoms with E-state index in [1.165, 1.54) is 27.8 Å². The van der Waals surface area contributed by atoms with Crippen molar-refractivity contribution in [1.29, 1.82) is 0 Å². The SMILES string of the molecule is CC(O)(c1ccc(N2CCN(S(=O)(=O)c3cccs3)C[C@@H]2CN2C[C@H]3COC[C@H]3C2)cc1)C(F)(F)F. The molecule has 5 rings (SSSR count). The third-order valence-corrected chi connectivity index (χ3v) is 10.9. The topological polar surface area (TPSA) is 73.3 Å². The number of ether oxygens (including phenoxy) is 1. The van der Waals surface area contributed by atoms with Crippen LogP contribution >= 0.6 is 11.3 Å². The van der Waals surface area contributed by atoms with Crippen LogP contribution in [-0.2, 0) is 20.4 Å². The number of alkyl halides is 3. The Bertz CT molecular complexity index is 1140. The van der Waals surface area contributed by atoms with Crippen LogP contribution in [0.3, 0.4) is 0 Å². The fourth-order valence-electron chi connectivity index (χ4n) is 5.45. The molecule has 1 aromatic heterocycles. The molecule has 1 N–H and O–H groups in total. The van der Waals surface area contributed by atoms with Gasteiger partial charge in [0.1, 0.15) is 4.21 Å². The lowest BCUT2D eigenvalue weighted by Gasteiger charge is -2.43. The number of anilines is 1. The van der Waals surface area contributed by atoms with Crippen LogP contribution in [0.15, 0.2) is 46.0 Å². The van der Waals surface area contributed by atoms with Crippen molar-refractivity contribution >= 4 is 27.0 Å². The molecule has 1 unspecified atom stereocenters. The molecule has 0 radical (unpaired) electrons. The van der Waals surface area contributed by atoms with Crippen LogP contribution in [-0.4, -0.2) is 87.4 Å². The molecule has 0 saturated carbocycles. The fraction of sp³-hybridized carbons (Fsp3) is 0.583. The van der Waals surface area contributed by atoms with Crippen molar-refractivity contribution in [3.05, 3.63) is 47.3 Å². The number of aliphatic hydroxyl groups is 1. The third-order valence-electron chi connectivity index (χ3n) is 7.63. The van der Waals surface area contributed by atoms with E-state index in [1.54, 1.807) is 29.6 Å². The van der Waals surface area contributed by atoms with Crippen LogP contribution in [0.5, 0.6) is 0 Å². The monoisotopic (exact) mass is 545 g/mol. The van der Waals surface area contributed by atoms with Gasteiger partial charge in [-0.25, -0.2) is 8.42 Å². The van der Waals surface area contributed by atoms with Crippen molar-refractivity contribution in [2.75, 3.05) is 57.4 Å². The van der Waals surface area contributed by atoms with E-state index in [2.05, 4.69) is 9.80 Å². The van der Waals surface area contributed by atoms with Gasteiger partial charge in [0.25, 0.3) is 10.0 Å². The minimum absolute atomic E-state index is 0.179. The number of fused-ring (bicyclic) bond motifs is 1. The number of sulfonamides is 1. The maximum absolute atomic E-state index is 13.3. The number of rotatable bonds is 6. The molecule has 3 saturated heterocycles. The molecule has 3 aliphatic heterocycles. The van der Waals surface area contributed by atoms with Gasteiger partial charge in [-0.1, -0.05) is 18.2 Å². The molecule has 2 aromatic rings. The average molecular weight is 546 g/mol. The Kier molecular flexibility index (Phi) is 6.88. The van der Waals surface area contributed by atoms with Crippen molar-refractivity contribution in [2.24, 2.45) is 11.8 Å². The van der Waals surface area contributed by atoms with Crippen LogP contribution in [0, 0.1) is 11.8 Å². The summed E-state index contributed by atoms with van der Waals surface area (Å²) in [6.07, 6.45) is -4.80. The first-order valence-corrected chi connectivity index (χ1v) is 14.3. The highest BCUT2D eigenvalue weighted by atomic mass is 32.2. The number of likely N-dealkylation sites (tertiary alicyclic amines) is 1. The molecule has 4 heterocycles. The zero-order valence-electron chi connectivity index (χ0n) is 19.9. The summed E-state index contributed by atoms with van der Waals surface area (Å²) in [5.74, 6) is 0.966. The van der Waals surface area contributed by atoms with Gasteiger partial charge in [-0.15, -0.1) is 11.3 Å². The molecule has 3 fully saturated rings. The lowest BCUT2D eigenvalue weighted by molar-refractivity contribution is -0.258. The number of nitrogens with zero attached hydrogens (tertiary/aromatic N) is 3. The first-order valence-electron chi connectivity index (χ1n) is 12.0. The summed E-state index contributed by atoms with van der Waals surface area (Å²) in [6.45, 7) is 5.62. The summed E-state index contributed by atoms with van der Waals surface area (Å²) < 4.78 is 73.8. The van der Waals surface area contributed by atoms with Crippen molar-refractivity contribution < 1.29 is 31.4 Å². The first-order chi connectivity index (χ1) is 17.0. The Hall–Kier alpha value is -1.70. The van der Waals surface area contributed by atoms with E-state index in [4.69, 9.17) is 4.74 Å². The maximum atomic E-state index is 13.3. The minimum atomic E-state index is -4.80. The molecule has 36 heavy (non-hydrogen) atoms. The van der Waals surface area contributed by atoms with Gasteiger partial charge in [-0.3, -0.25) is 0 Å². The molecule has 12 heteroatoms. The van der Waals surface area contributed by atoms with Gasteiger partial charge in [-0.2, -0.15) is 17.5 Å². The molecular weight excluding hydrogens is 515 g/mol. The second kappa shape index (κ2) is 9.55. The van der Waals surface area contributed by atoms with Crippen molar-refractivity contribution in [3.63, 3.8) is 0 Å². The zero-order valence-corrected chi connectivity index (χ0v) is 21.5. The zero-order chi connectivity index (χ0) is 25.7. The molecular formula is C24H30F3N3O4S2. The predicted molar refractivity (Wildman–Crippen MR) is 131 cm³/mol. The largest absolute Gasteiger partial charge is 0.421 e. The Morgan fingerprint density at radius 3 is 2.31 bits per heavy atom. The van der Waals surface area contributed by atoms with Crippen LogP contribution < -0.4 is 4.90 Å². The summed E-state index contributed by atoms with van der Waals surface area (Å²) >= 11 is 1.19. The lowest BCUT2D eigenvalue weighted by Crippen LogP contribution is -2.58. The Balaban J connectivity index is 1.38. The molecule has 0 bridgehead atoms. The van der Waals surface area contributed by atoms with E-state index >= 15 is 0 Å². The van der Waals surface area contributed by atoms with Crippen molar-refractivity contribution in [3.8, 4) is 0 Å². The number of piperazine rings is 1. The second-order valence-electron chi connectivity index (χ2n) is 10.0. The Morgan fingerprint density at radius 1 is 1.06 bits per heavy atom. The molecule has 0 aliphatic carbocycles. The van der Waals surface area contributed by atoms with Gasteiger partial charge in [-0.05, 0) is 36.1 Å². The van der Waals surface area contributed by atoms with E-state index in [0.717, 1.165) is 33.2 Å². The number of benzene rings is 1. The average Bonchev–Trinajstić information content (AvgIpc) is 3.57. The molecule has 3 aliphatic rings. The molecule has 0 spiro atoms. The number of halogens is 3. The molecule has 0 amide bonds. The van der Waals surface area contributed by atoms with Crippen LogP contribution in [0.2, 0.25) is 0 Å². The highest BCUT2D eigenvalue weighted by molar-refractivity contribution is 7.91. The van der Waals surface area contributed by atoms with Gasteiger partial charge in [0.15, 0.2) is 5.60 Å². The summed E-state index contributed by atoms with van der Waals surface area (Å²) in [4.78, 5) is 4.43. The van der Waals surface area contributed by atoms with E-state index in [0.29, 0.717) is 34.8 Å². The highest BCUT2D eigenvalue weighted by Gasteiger charge is 2.51. The van der Waals surface area contributed by atoms with Gasteiger partial charge in [0, 0.05) is 56.8 Å². The molecule has 4 atom stereocenters. The quantitative estimate of drug-likeness (QED) is 0.602. The van der Waals surface area contributed by atoms with E-state index in [9.17, 15) is 26.7 Å². The van der Waals surface area contributed by atoms with Crippen LogP contribution in [0.1, 0.15) is 12.5 Å². The summed E-state index contributed by atoms with van der Waals surface area (Å²) in [5.41, 5.74) is -2.48. The highest BCUT2D eigenvalue weighted by Crippen LogP contribution is 2.39. The fourth-order valence-corrected chi connectivity index (χ4v) is 8.06. The van der Waals surface area contributed by atoms with Crippen molar-refractivity contribution in [2.45, 2.75) is 29.0 Å². The van der Waals surface area contributed by atoms with Crippen LogP contribution in [0.25, 0.3) is 0 Å². The van der Waals surface area contributed by atoms with E-state index in [1.807, 2.05) is 0 Å². The predicted octanol–water partition coefficient (Wildman–Crippen LogP) is 2.98. The minimum Gasteiger partial charge on any atom is -0.381 e. The lowest BCUT2D eigenvalue weighted by atomic mass is 9.95.